The number of nitrogens with zero attached hydrogens (tertiary/aromatic N) is 2. The minimum Gasteiger partial charge on any atom is -0.461 e. The molecule has 0 saturated carbocycles. The second-order valence-corrected chi connectivity index (χ2v) is 4.46. The standard InChI is InChI=1S/C14H17F4N3O2/c1-3-9(11(15)12(22)23-4-2)5-6-19-13-20-7-10(8-21-13)14(16,17)18/h7-8H,3-6H2,1-2H3,(H,19,20,21)/b11-9+. The van der Waals surface area contributed by atoms with E-state index in [0.717, 1.165) is 0 Å². The Labute approximate surface area is 130 Å². The van der Waals surface area contributed by atoms with Gasteiger partial charge in [-0.15, -0.1) is 0 Å². The van der Waals surface area contributed by atoms with Crippen molar-refractivity contribution in [2.75, 3.05) is 18.5 Å². The number of nitrogens with one attached hydrogen (secondary N) is 1. The highest BCUT2D eigenvalue weighted by molar-refractivity contribution is 5.86. The lowest BCUT2D eigenvalue weighted by atomic mass is 10.1. The minimum atomic E-state index is -4.50. The fraction of sp³-hybridized carbons (Fsp3) is 0.500. The van der Waals surface area contributed by atoms with E-state index >= 15 is 0 Å². The smallest absolute Gasteiger partial charge is 0.419 e. The van der Waals surface area contributed by atoms with Crippen LogP contribution in [-0.2, 0) is 15.7 Å². The molecular formula is C14H17F4N3O2. The Hall–Kier alpha value is -2.19. The maximum Gasteiger partial charge on any atom is 0.419 e. The third-order valence-corrected chi connectivity index (χ3v) is 2.88. The number of rotatable bonds is 7. The van der Waals surface area contributed by atoms with Crippen molar-refractivity contribution in [3.05, 3.63) is 29.4 Å². The molecule has 1 rings (SSSR count). The maximum absolute atomic E-state index is 13.8. The average Bonchev–Trinajstić information content (AvgIpc) is 2.51. The molecule has 0 atom stereocenters. The Bertz CT molecular complexity index is 556. The van der Waals surface area contributed by atoms with Gasteiger partial charge in [0.25, 0.3) is 0 Å². The van der Waals surface area contributed by atoms with Crippen molar-refractivity contribution in [1.29, 1.82) is 0 Å². The molecule has 1 N–H and O–H groups in total. The zero-order valence-corrected chi connectivity index (χ0v) is 12.7. The Morgan fingerprint density at radius 3 is 2.35 bits per heavy atom. The van der Waals surface area contributed by atoms with Gasteiger partial charge in [-0.25, -0.2) is 14.8 Å². The van der Waals surface area contributed by atoms with Gasteiger partial charge in [-0.3, -0.25) is 0 Å². The summed E-state index contributed by atoms with van der Waals surface area (Å²) in [7, 11) is 0. The SMILES string of the molecule is CCOC(=O)/C(F)=C(/CC)CCNc1ncc(C(F)(F)F)cn1. The van der Waals surface area contributed by atoms with E-state index in [2.05, 4.69) is 20.0 Å². The van der Waals surface area contributed by atoms with Gasteiger partial charge in [0.15, 0.2) is 0 Å². The number of ether oxygens (including phenoxy) is 1. The van der Waals surface area contributed by atoms with Gasteiger partial charge in [0, 0.05) is 18.9 Å². The highest BCUT2D eigenvalue weighted by atomic mass is 19.4. The number of halogens is 4. The number of alkyl halides is 3. The van der Waals surface area contributed by atoms with Crippen LogP contribution in [0.3, 0.4) is 0 Å². The molecule has 0 fully saturated rings. The van der Waals surface area contributed by atoms with Gasteiger partial charge in [-0.1, -0.05) is 6.92 Å². The second kappa shape index (κ2) is 8.44. The van der Waals surface area contributed by atoms with Gasteiger partial charge in [0.05, 0.1) is 12.2 Å². The predicted molar refractivity (Wildman–Crippen MR) is 75.2 cm³/mol. The third-order valence-electron chi connectivity index (χ3n) is 2.88. The number of hydrogen-bond acceptors (Lipinski definition) is 5. The van der Waals surface area contributed by atoms with E-state index in [1.807, 2.05) is 0 Å². The quantitative estimate of drug-likeness (QED) is 0.469. The molecule has 0 amide bonds. The molecule has 0 aromatic carbocycles. The molecule has 0 saturated heterocycles. The summed E-state index contributed by atoms with van der Waals surface area (Å²) in [6.45, 7) is 3.49. The van der Waals surface area contributed by atoms with Gasteiger partial charge in [0.2, 0.25) is 11.8 Å². The zero-order valence-electron chi connectivity index (χ0n) is 12.7. The summed E-state index contributed by atoms with van der Waals surface area (Å²) in [5.41, 5.74) is -0.701. The normalized spacial score (nSPS) is 12.6. The summed E-state index contributed by atoms with van der Waals surface area (Å²) in [5.74, 6) is -1.97. The van der Waals surface area contributed by atoms with Gasteiger partial charge in [0.1, 0.15) is 0 Å². The molecule has 1 aromatic heterocycles. The summed E-state index contributed by atoms with van der Waals surface area (Å²) in [6.07, 6.45) is -2.71. The Morgan fingerprint density at radius 2 is 1.87 bits per heavy atom. The second-order valence-electron chi connectivity index (χ2n) is 4.46. The molecule has 0 spiro atoms. The molecule has 5 nitrogen and oxygen atoms in total. The minimum absolute atomic E-state index is 0.00926. The molecular weight excluding hydrogens is 318 g/mol. The van der Waals surface area contributed by atoms with Crippen molar-refractivity contribution in [3.63, 3.8) is 0 Å². The summed E-state index contributed by atoms with van der Waals surface area (Å²) >= 11 is 0. The van der Waals surface area contributed by atoms with E-state index in [1.54, 1.807) is 13.8 Å². The van der Waals surface area contributed by atoms with Gasteiger partial charge < -0.3 is 10.1 Å². The van der Waals surface area contributed by atoms with Crippen LogP contribution in [0, 0.1) is 0 Å². The first kappa shape index (κ1) is 18.9. The fourth-order valence-electron chi connectivity index (χ4n) is 1.67. The first-order valence-electron chi connectivity index (χ1n) is 6.97. The summed E-state index contributed by atoms with van der Waals surface area (Å²) in [6, 6.07) is 0. The van der Waals surface area contributed by atoms with Crippen LogP contribution in [0.4, 0.5) is 23.5 Å². The Morgan fingerprint density at radius 1 is 1.26 bits per heavy atom. The highest BCUT2D eigenvalue weighted by Gasteiger charge is 2.31. The van der Waals surface area contributed by atoms with Crippen molar-refractivity contribution in [2.45, 2.75) is 32.9 Å². The monoisotopic (exact) mass is 335 g/mol. The van der Waals surface area contributed by atoms with Crippen LogP contribution in [0.2, 0.25) is 0 Å². The molecule has 0 radical (unpaired) electrons. The van der Waals surface area contributed by atoms with Gasteiger partial charge in [-0.05, 0) is 25.3 Å². The molecule has 0 aliphatic carbocycles. The fourth-order valence-corrected chi connectivity index (χ4v) is 1.67. The van der Waals surface area contributed by atoms with E-state index in [9.17, 15) is 22.4 Å². The van der Waals surface area contributed by atoms with E-state index in [-0.39, 0.29) is 31.1 Å². The van der Waals surface area contributed by atoms with Gasteiger partial charge >= 0.3 is 12.1 Å². The predicted octanol–water partition coefficient (Wildman–Crippen LogP) is 3.49. The molecule has 1 aromatic rings. The molecule has 23 heavy (non-hydrogen) atoms. The zero-order chi connectivity index (χ0) is 17.5. The van der Waals surface area contributed by atoms with Crippen LogP contribution in [0.25, 0.3) is 0 Å². The summed E-state index contributed by atoms with van der Waals surface area (Å²) in [4.78, 5) is 18.4. The number of hydrogen-bond donors (Lipinski definition) is 1. The molecule has 0 aliphatic rings. The van der Waals surface area contributed by atoms with Crippen molar-refractivity contribution >= 4 is 11.9 Å². The average molecular weight is 335 g/mol. The van der Waals surface area contributed by atoms with Crippen molar-refractivity contribution < 1.29 is 27.1 Å². The lowest BCUT2D eigenvalue weighted by Gasteiger charge is -2.09. The highest BCUT2D eigenvalue weighted by Crippen LogP contribution is 2.28. The first-order chi connectivity index (χ1) is 10.8. The summed E-state index contributed by atoms with van der Waals surface area (Å²) < 4.78 is 55.4. The Balaban J connectivity index is 2.61. The number of esters is 1. The number of aromatic nitrogens is 2. The topological polar surface area (TPSA) is 64.1 Å². The van der Waals surface area contributed by atoms with Gasteiger partial charge in [-0.2, -0.15) is 17.6 Å². The molecule has 1 heterocycles. The van der Waals surface area contributed by atoms with Crippen LogP contribution in [0.15, 0.2) is 23.8 Å². The summed E-state index contributed by atoms with van der Waals surface area (Å²) in [5, 5.41) is 2.67. The van der Waals surface area contributed by atoms with E-state index in [0.29, 0.717) is 18.8 Å². The molecule has 0 aliphatic heterocycles. The number of carbonyl (C=O) groups excluding carboxylic acids is 1. The third kappa shape index (κ3) is 5.84. The molecule has 128 valence electrons. The van der Waals surface area contributed by atoms with E-state index in [4.69, 9.17) is 0 Å². The van der Waals surface area contributed by atoms with Crippen LogP contribution in [0.5, 0.6) is 0 Å². The molecule has 9 heteroatoms. The maximum atomic E-state index is 13.8. The van der Waals surface area contributed by atoms with Crippen molar-refractivity contribution in [1.82, 2.24) is 9.97 Å². The molecule has 0 bridgehead atoms. The van der Waals surface area contributed by atoms with E-state index < -0.39 is 23.5 Å². The lowest BCUT2D eigenvalue weighted by Crippen LogP contribution is -2.12. The van der Waals surface area contributed by atoms with Crippen molar-refractivity contribution in [2.24, 2.45) is 0 Å². The van der Waals surface area contributed by atoms with E-state index in [1.165, 1.54) is 0 Å². The lowest BCUT2D eigenvalue weighted by molar-refractivity contribution is -0.140. The van der Waals surface area contributed by atoms with Crippen LogP contribution in [-0.4, -0.2) is 29.1 Å². The number of carbonyl (C=O) groups is 1. The van der Waals surface area contributed by atoms with Crippen molar-refractivity contribution in [3.8, 4) is 0 Å². The first-order valence-corrected chi connectivity index (χ1v) is 6.97. The van der Waals surface area contributed by atoms with Crippen LogP contribution >= 0.6 is 0 Å². The Kier molecular flexibility index (Phi) is 6.92. The number of anilines is 1. The van der Waals surface area contributed by atoms with Crippen LogP contribution < -0.4 is 5.32 Å². The molecule has 0 unspecified atom stereocenters. The van der Waals surface area contributed by atoms with Crippen LogP contribution in [0.1, 0.15) is 32.3 Å². The largest absolute Gasteiger partial charge is 0.461 e.